The number of rotatable bonds is 4. The zero-order valence-corrected chi connectivity index (χ0v) is 12.9. The van der Waals surface area contributed by atoms with Crippen LogP contribution < -0.4 is 11.1 Å². The van der Waals surface area contributed by atoms with Gasteiger partial charge in [-0.2, -0.15) is 0 Å². The van der Waals surface area contributed by atoms with Gasteiger partial charge in [-0.15, -0.1) is 0 Å². The maximum atomic E-state index is 12.1. The standard InChI is InChI=1S/C14H16ClN3OS/c1-8(7-10-5-3-4-6-11(10)15)17-13(19)12-9(2)18-14(16)20-12/h3-6,8H,7H2,1-2H3,(H2,16,18)(H,17,19). The smallest absolute Gasteiger partial charge is 0.263 e. The second-order valence-electron chi connectivity index (χ2n) is 4.64. The third kappa shape index (κ3) is 3.49. The minimum absolute atomic E-state index is 0.0230. The van der Waals surface area contributed by atoms with Gasteiger partial charge in [0, 0.05) is 11.1 Å². The van der Waals surface area contributed by atoms with Crippen LogP contribution in [0.5, 0.6) is 0 Å². The first-order valence-corrected chi connectivity index (χ1v) is 7.44. The molecule has 6 heteroatoms. The molecule has 0 aliphatic heterocycles. The van der Waals surface area contributed by atoms with Crippen molar-refractivity contribution in [1.82, 2.24) is 10.3 Å². The summed E-state index contributed by atoms with van der Waals surface area (Å²) in [5, 5.41) is 4.07. The number of amides is 1. The van der Waals surface area contributed by atoms with Gasteiger partial charge in [-0.05, 0) is 31.9 Å². The largest absolute Gasteiger partial charge is 0.375 e. The van der Waals surface area contributed by atoms with Crippen molar-refractivity contribution in [3.8, 4) is 0 Å². The van der Waals surface area contributed by atoms with Crippen molar-refractivity contribution >= 4 is 34.0 Å². The summed E-state index contributed by atoms with van der Waals surface area (Å²) in [5.74, 6) is -0.142. The normalized spacial score (nSPS) is 12.2. The summed E-state index contributed by atoms with van der Waals surface area (Å²) in [5.41, 5.74) is 7.28. The number of halogens is 1. The van der Waals surface area contributed by atoms with E-state index in [-0.39, 0.29) is 11.9 Å². The van der Waals surface area contributed by atoms with Crippen molar-refractivity contribution in [2.24, 2.45) is 0 Å². The Morgan fingerprint density at radius 2 is 2.20 bits per heavy atom. The SMILES string of the molecule is Cc1nc(N)sc1C(=O)NC(C)Cc1ccccc1Cl. The number of nitrogens with two attached hydrogens (primary N) is 1. The quantitative estimate of drug-likeness (QED) is 0.912. The Balaban J connectivity index is 2.01. The van der Waals surface area contributed by atoms with Gasteiger partial charge in [0.05, 0.1) is 5.69 Å². The van der Waals surface area contributed by atoms with Crippen molar-refractivity contribution in [3.05, 3.63) is 45.4 Å². The molecular weight excluding hydrogens is 294 g/mol. The molecule has 0 aliphatic carbocycles. The third-order valence-corrected chi connectivity index (χ3v) is 4.23. The van der Waals surface area contributed by atoms with Crippen molar-refractivity contribution in [3.63, 3.8) is 0 Å². The Hall–Kier alpha value is -1.59. The van der Waals surface area contributed by atoms with Gasteiger partial charge in [-0.3, -0.25) is 4.79 Å². The number of nitrogens with zero attached hydrogens (tertiary/aromatic N) is 1. The molecule has 1 atom stereocenters. The molecule has 1 amide bonds. The summed E-state index contributed by atoms with van der Waals surface area (Å²) in [6.45, 7) is 3.72. The van der Waals surface area contributed by atoms with Crippen LogP contribution >= 0.6 is 22.9 Å². The Morgan fingerprint density at radius 3 is 2.80 bits per heavy atom. The number of carbonyl (C=O) groups is 1. The number of aryl methyl sites for hydroxylation is 1. The highest BCUT2D eigenvalue weighted by Gasteiger charge is 2.16. The number of nitrogen functional groups attached to an aromatic ring is 1. The monoisotopic (exact) mass is 309 g/mol. The second-order valence-corrected chi connectivity index (χ2v) is 6.07. The minimum atomic E-state index is -0.142. The molecular formula is C14H16ClN3OS. The van der Waals surface area contributed by atoms with Gasteiger partial charge >= 0.3 is 0 Å². The van der Waals surface area contributed by atoms with E-state index in [4.69, 9.17) is 17.3 Å². The molecule has 0 bridgehead atoms. The molecule has 1 heterocycles. The van der Waals surface area contributed by atoms with E-state index in [9.17, 15) is 4.79 Å². The van der Waals surface area contributed by atoms with Crippen molar-refractivity contribution < 1.29 is 4.79 Å². The van der Waals surface area contributed by atoms with E-state index in [2.05, 4.69) is 10.3 Å². The first-order valence-electron chi connectivity index (χ1n) is 6.24. The van der Waals surface area contributed by atoms with Gasteiger partial charge in [0.15, 0.2) is 5.13 Å². The van der Waals surface area contributed by atoms with E-state index in [1.54, 1.807) is 6.92 Å². The number of benzene rings is 1. The topological polar surface area (TPSA) is 68.0 Å². The fourth-order valence-electron chi connectivity index (χ4n) is 1.96. The maximum Gasteiger partial charge on any atom is 0.263 e. The number of hydrogen-bond acceptors (Lipinski definition) is 4. The highest BCUT2D eigenvalue weighted by atomic mass is 35.5. The van der Waals surface area contributed by atoms with E-state index in [0.717, 1.165) is 5.56 Å². The van der Waals surface area contributed by atoms with E-state index in [1.807, 2.05) is 31.2 Å². The molecule has 1 aromatic carbocycles. The minimum Gasteiger partial charge on any atom is -0.375 e. The summed E-state index contributed by atoms with van der Waals surface area (Å²) in [6.07, 6.45) is 0.679. The lowest BCUT2D eigenvalue weighted by Gasteiger charge is -2.14. The molecule has 0 saturated heterocycles. The number of carbonyl (C=O) groups excluding carboxylic acids is 1. The fraction of sp³-hybridized carbons (Fsp3) is 0.286. The lowest BCUT2D eigenvalue weighted by molar-refractivity contribution is 0.0943. The molecule has 0 radical (unpaired) electrons. The molecule has 0 fully saturated rings. The summed E-state index contributed by atoms with van der Waals surface area (Å²) < 4.78 is 0. The van der Waals surface area contributed by atoms with Crippen LogP contribution in [0.4, 0.5) is 5.13 Å². The van der Waals surface area contributed by atoms with E-state index in [0.29, 0.717) is 27.1 Å². The first kappa shape index (κ1) is 14.8. The van der Waals surface area contributed by atoms with Gasteiger partial charge in [-0.25, -0.2) is 4.98 Å². The molecule has 20 heavy (non-hydrogen) atoms. The van der Waals surface area contributed by atoms with Crippen LogP contribution in [0.25, 0.3) is 0 Å². The molecule has 0 spiro atoms. The predicted molar refractivity (Wildman–Crippen MR) is 83.3 cm³/mol. The number of aromatic nitrogens is 1. The predicted octanol–water partition coefficient (Wildman–Crippen LogP) is 3.05. The van der Waals surface area contributed by atoms with Gasteiger partial charge < -0.3 is 11.1 Å². The number of nitrogens with one attached hydrogen (secondary N) is 1. The van der Waals surface area contributed by atoms with Crippen LogP contribution in [0.1, 0.15) is 27.9 Å². The van der Waals surface area contributed by atoms with Crippen LogP contribution in [-0.2, 0) is 6.42 Å². The Kier molecular flexibility index (Phi) is 4.62. The molecule has 0 saturated carbocycles. The first-order chi connectivity index (χ1) is 9.47. The second kappa shape index (κ2) is 6.24. The summed E-state index contributed by atoms with van der Waals surface area (Å²) in [7, 11) is 0. The average molecular weight is 310 g/mol. The fourth-order valence-corrected chi connectivity index (χ4v) is 2.91. The Morgan fingerprint density at radius 1 is 1.50 bits per heavy atom. The Labute approximate surface area is 127 Å². The summed E-state index contributed by atoms with van der Waals surface area (Å²) >= 11 is 7.32. The lowest BCUT2D eigenvalue weighted by Crippen LogP contribution is -2.34. The highest BCUT2D eigenvalue weighted by Crippen LogP contribution is 2.20. The average Bonchev–Trinajstić information content (AvgIpc) is 2.71. The zero-order chi connectivity index (χ0) is 14.7. The third-order valence-electron chi connectivity index (χ3n) is 2.88. The van der Waals surface area contributed by atoms with Gasteiger partial charge in [-0.1, -0.05) is 41.1 Å². The molecule has 0 aliphatic rings. The van der Waals surface area contributed by atoms with E-state index < -0.39 is 0 Å². The van der Waals surface area contributed by atoms with E-state index in [1.165, 1.54) is 11.3 Å². The molecule has 1 aromatic heterocycles. The van der Waals surface area contributed by atoms with Gasteiger partial charge in [0.2, 0.25) is 0 Å². The number of thiazole rings is 1. The molecule has 2 aromatic rings. The molecule has 2 rings (SSSR count). The van der Waals surface area contributed by atoms with Crippen molar-refractivity contribution in [1.29, 1.82) is 0 Å². The van der Waals surface area contributed by atoms with Crippen molar-refractivity contribution in [2.45, 2.75) is 26.3 Å². The molecule has 106 valence electrons. The molecule has 4 nitrogen and oxygen atoms in total. The van der Waals surface area contributed by atoms with Crippen LogP contribution in [0.15, 0.2) is 24.3 Å². The van der Waals surface area contributed by atoms with Crippen LogP contribution in [0, 0.1) is 6.92 Å². The van der Waals surface area contributed by atoms with E-state index >= 15 is 0 Å². The molecule has 3 N–H and O–H groups in total. The number of anilines is 1. The van der Waals surface area contributed by atoms with Crippen LogP contribution in [-0.4, -0.2) is 16.9 Å². The summed E-state index contributed by atoms with van der Waals surface area (Å²) in [4.78, 5) is 16.8. The summed E-state index contributed by atoms with van der Waals surface area (Å²) in [6, 6.07) is 7.60. The van der Waals surface area contributed by atoms with Crippen LogP contribution in [0.3, 0.4) is 0 Å². The van der Waals surface area contributed by atoms with Gasteiger partial charge in [0.25, 0.3) is 5.91 Å². The van der Waals surface area contributed by atoms with Crippen LogP contribution in [0.2, 0.25) is 5.02 Å². The number of hydrogen-bond donors (Lipinski definition) is 2. The highest BCUT2D eigenvalue weighted by molar-refractivity contribution is 7.17. The lowest BCUT2D eigenvalue weighted by atomic mass is 10.1. The molecule has 1 unspecified atom stereocenters. The van der Waals surface area contributed by atoms with Crippen molar-refractivity contribution in [2.75, 3.05) is 5.73 Å². The van der Waals surface area contributed by atoms with Gasteiger partial charge in [0.1, 0.15) is 4.88 Å². The zero-order valence-electron chi connectivity index (χ0n) is 11.3. The Bertz CT molecular complexity index is 627. The maximum absolute atomic E-state index is 12.1.